The molecule has 1 aliphatic heterocycles. The molecule has 0 spiro atoms. The van der Waals surface area contributed by atoms with Crippen LogP contribution in [0, 0.1) is 22.7 Å². The average molecular weight is 226 g/mol. The lowest BCUT2D eigenvalue weighted by Gasteiger charge is -2.34. The Bertz CT molecular complexity index is 553. The maximum Gasteiger partial charge on any atom is 0.246 e. The number of fused-ring (bicyclic) bond motifs is 1. The highest BCUT2D eigenvalue weighted by molar-refractivity contribution is 6.03. The van der Waals surface area contributed by atoms with Gasteiger partial charge < -0.3 is 9.80 Å². The monoisotopic (exact) mass is 226 g/mol. The van der Waals surface area contributed by atoms with Crippen LogP contribution in [0.1, 0.15) is 5.56 Å². The molecule has 0 aromatic heterocycles. The van der Waals surface area contributed by atoms with E-state index in [4.69, 9.17) is 10.5 Å². The van der Waals surface area contributed by atoms with Crippen molar-refractivity contribution in [1.82, 2.24) is 0 Å². The van der Waals surface area contributed by atoms with E-state index in [1.807, 2.05) is 6.07 Å². The molecule has 0 radical (unpaired) electrons. The first-order valence-corrected chi connectivity index (χ1v) is 5.10. The summed E-state index contributed by atoms with van der Waals surface area (Å²) < 4.78 is 0. The summed E-state index contributed by atoms with van der Waals surface area (Å²) in [5.41, 5.74) is 2.01. The number of carbonyl (C=O) groups excluding carboxylic acids is 1. The largest absolute Gasteiger partial charge is 0.347 e. The van der Waals surface area contributed by atoms with E-state index in [1.165, 1.54) is 0 Å². The zero-order chi connectivity index (χ0) is 12.4. The molecule has 1 heterocycles. The van der Waals surface area contributed by atoms with Crippen molar-refractivity contribution in [3.63, 3.8) is 0 Å². The molecule has 17 heavy (non-hydrogen) atoms. The van der Waals surface area contributed by atoms with E-state index in [2.05, 4.69) is 6.07 Å². The zero-order valence-electron chi connectivity index (χ0n) is 9.34. The maximum absolute atomic E-state index is 11.7. The predicted molar refractivity (Wildman–Crippen MR) is 62.4 cm³/mol. The van der Waals surface area contributed by atoms with Crippen LogP contribution in [0.2, 0.25) is 0 Å². The highest BCUT2D eigenvalue weighted by Crippen LogP contribution is 2.33. The van der Waals surface area contributed by atoms with Crippen molar-refractivity contribution in [2.75, 3.05) is 29.9 Å². The first kappa shape index (κ1) is 11.0. The lowest BCUT2D eigenvalue weighted by atomic mass is 10.1. The van der Waals surface area contributed by atoms with Gasteiger partial charge in [-0.2, -0.15) is 10.5 Å². The van der Waals surface area contributed by atoms with Crippen LogP contribution in [0.5, 0.6) is 0 Å². The van der Waals surface area contributed by atoms with Gasteiger partial charge in [-0.25, -0.2) is 0 Å². The van der Waals surface area contributed by atoms with Crippen LogP contribution < -0.4 is 9.80 Å². The molecule has 1 amide bonds. The number of nitriles is 2. The number of carbonyl (C=O) groups is 1. The summed E-state index contributed by atoms with van der Waals surface area (Å²) in [7, 11) is 1.69. The first-order chi connectivity index (χ1) is 8.17. The highest BCUT2D eigenvalue weighted by atomic mass is 16.2. The van der Waals surface area contributed by atoms with Crippen LogP contribution in [0.25, 0.3) is 0 Å². The standard InChI is InChI=1S/C12H10N4O/c1-15-10-3-2-9(7-14)6-11(10)16(5-4-13)8-12(15)17/h2-3,6H,5,8H2,1H3. The molecule has 0 unspecified atom stereocenters. The molecule has 0 bridgehead atoms. The van der Waals surface area contributed by atoms with Gasteiger partial charge in [-0.15, -0.1) is 0 Å². The molecular weight excluding hydrogens is 216 g/mol. The molecule has 5 heteroatoms. The zero-order valence-corrected chi connectivity index (χ0v) is 9.34. The van der Waals surface area contributed by atoms with Crippen LogP contribution in [0.4, 0.5) is 11.4 Å². The third-order valence-corrected chi connectivity index (χ3v) is 2.77. The molecule has 84 valence electrons. The summed E-state index contributed by atoms with van der Waals surface area (Å²) in [6.45, 7) is 0.313. The van der Waals surface area contributed by atoms with Crippen molar-refractivity contribution in [3.05, 3.63) is 23.8 Å². The minimum Gasteiger partial charge on any atom is -0.347 e. The van der Waals surface area contributed by atoms with Gasteiger partial charge in [0.25, 0.3) is 0 Å². The Labute approximate surface area is 99.1 Å². The van der Waals surface area contributed by atoms with Gasteiger partial charge in [-0.1, -0.05) is 0 Å². The van der Waals surface area contributed by atoms with Crippen LogP contribution >= 0.6 is 0 Å². The van der Waals surface area contributed by atoms with Gasteiger partial charge in [0, 0.05) is 7.05 Å². The van der Waals surface area contributed by atoms with Gasteiger partial charge in [-0.05, 0) is 18.2 Å². The quantitative estimate of drug-likeness (QED) is 0.666. The van der Waals surface area contributed by atoms with Gasteiger partial charge in [0.2, 0.25) is 5.91 Å². The Balaban J connectivity index is 2.53. The Morgan fingerprint density at radius 1 is 1.35 bits per heavy atom. The number of hydrogen-bond donors (Lipinski definition) is 0. The summed E-state index contributed by atoms with van der Waals surface area (Å²) in [5.74, 6) is -0.0579. The molecule has 1 aromatic carbocycles. The fraction of sp³-hybridized carbons (Fsp3) is 0.250. The van der Waals surface area contributed by atoms with Gasteiger partial charge in [0.15, 0.2) is 0 Å². The Morgan fingerprint density at radius 3 is 2.76 bits per heavy atom. The number of nitrogens with zero attached hydrogens (tertiary/aromatic N) is 4. The minimum atomic E-state index is -0.0579. The second kappa shape index (κ2) is 4.15. The molecule has 1 aromatic rings. The van der Waals surface area contributed by atoms with E-state index in [1.54, 1.807) is 35.0 Å². The molecule has 5 nitrogen and oxygen atoms in total. The second-order valence-electron chi connectivity index (χ2n) is 3.78. The maximum atomic E-state index is 11.7. The number of benzene rings is 1. The lowest BCUT2D eigenvalue weighted by Crippen LogP contribution is -2.44. The van der Waals surface area contributed by atoms with Crippen molar-refractivity contribution < 1.29 is 4.79 Å². The van der Waals surface area contributed by atoms with E-state index >= 15 is 0 Å². The average Bonchev–Trinajstić information content (AvgIpc) is 2.35. The van der Waals surface area contributed by atoms with Crippen LogP contribution in [0.3, 0.4) is 0 Å². The SMILES string of the molecule is CN1C(=O)CN(CC#N)c2cc(C#N)ccc21. The predicted octanol–water partition coefficient (Wildman–Crippen LogP) is 0.865. The van der Waals surface area contributed by atoms with Crippen molar-refractivity contribution >= 4 is 17.3 Å². The summed E-state index contributed by atoms with van der Waals surface area (Å²) in [4.78, 5) is 14.9. The number of hydrogen-bond acceptors (Lipinski definition) is 4. The summed E-state index contributed by atoms with van der Waals surface area (Å²) in [6, 6.07) is 9.18. The van der Waals surface area contributed by atoms with Crippen LogP contribution in [-0.2, 0) is 4.79 Å². The molecule has 0 fully saturated rings. The Hall–Kier alpha value is -2.53. The molecule has 0 N–H and O–H groups in total. The molecular formula is C12H10N4O. The van der Waals surface area contributed by atoms with E-state index in [0.717, 1.165) is 11.4 Å². The van der Waals surface area contributed by atoms with Crippen molar-refractivity contribution in [2.24, 2.45) is 0 Å². The first-order valence-electron chi connectivity index (χ1n) is 5.10. The third kappa shape index (κ3) is 1.79. The number of anilines is 2. The summed E-state index contributed by atoms with van der Waals surface area (Å²) in [5, 5.41) is 17.6. The van der Waals surface area contributed by atoms with E-state index < -0.39 is 0 Å². The normalized spacial score (nSPS) is 13.9. The summed E-state index contributed by atoms with van der Waals surface area (Å²) >= 11 is 0. The third-order valence-electron chi connectivity index (χ3n) is 2.77. The summed E-state index contributed by atoms with van der Waals surface area (Å²) in [6.07, 6.45) is 0. The lowest BCUT2D eigenvalue weighted by molar-refractivity contribution is -0.117. The Kier molecular flexibility index (Phi) is 2.68. The van der Waals surface area contributed by atoms with E-state index in [0.29, 0.717) is 5.56 Å². The Morgan fingerprint density at radius 2 is 2.12 bits per heavy atom. The molecule has 0 saturated carbocycles. The molecule has 0 saturated heterocycles. The van der Waals surface area contributed by atoms with E-state index in [9.17, 15) is 4.79 Å². The van der Waals surface area contributed by atoms with Crippen molar-refractivity contribution in [1.29, 1.82) is 10.5 Å². The number of rotatable bonds is 1. The molecule has 0 aliphatic carbocycles. The number of likely N-dealkylation sites (N-methyl/N-ethyl adjacent to an activating group) is 1. The van der Waals surface area contributed by atoms with Gasteiger partial charge in [-0.3, -0.25) is 4.79 Å². The minimum absolute atomic E-state index is 0.0579. The van der Waals surface area contributed by atoms with E-state index in [-0.39, 0.29) is 19.0 Å². The smallest absolute Gasteiger partial charge is 0.246 e. The number of amides is 1. The molecule has 1 aliphatic rings. The van der Waals surface area contributed by atoms with Crippen molar-refractivity contribution in [3.8, 4) is 12.1 Å². The fourth-order valence-electron chi connectivity index (χ4n) is 1.85. The van der Waals surface area contributed by atoms with Crippen molar-refractivity contribution in [2.45, 2.75) is 0 Å². The van der Waals surface area contributed by atoms with Gasteiger partial charge in [0.05, 0.1) is 35.6 Å². The topological polar surface area (TPSA) is 71.1 Å². The second-order valence-corrected chi connectivity index (χ2v) is 3.78. The molecule has 0 atom stereocenters. The van der Waals surface area contributed by atoms with Gasteiger partial charge >= 0.3 is 0 Å². The molecule has 2 rings (SSSR count). The fourth-order valence-corrected chi connectivity index (χ4v) is 1.85. The van der Waals surface area contributed by atoms with Crippen LogP contribution in [0.15, 0.2) is 18.2 Å². The highest BCUT2D eigenvalue weighted by Gasteiger charge is 2.26. The van der Waals surface area contributed by atoms with Crippen LogP contribution in [-0.4, -0.2) is 26.0 Å². The van der Waals surface area contributed by atoms with Gasteiger partial charge in [0.1, 0.15) is 6.54 Å².